The highest BCUT2D eigenvalue weighted by Crippen LogP contribution is 2.44. The first-order chi connectivity index (χ1) is 13.7. The van der Waals surface area contributed by atoms with Crippen molar-refractivity contribution in [3.8, 4) is 0 Å². The number of fused-ring (bicyclic) bond motifs is 3. The molecule has 5 rings (SSSR count). The summed E-state index contributed by atoms with van der Waals surface area (Å²) in [6, 6.07) is 13.9. The number of anilines is 1. The van der Waals surface area contributed by atoms with Crippen molar-refractivity contribution in [1.29, 1.82) is 0 Å². The van der Waals surface area contributed by atoms with Gasteiger partial charge in [0.1, 0.15) is 12.1 Å². The summed E-state index contributed by atoms with van der Waals surface area (Å²) in [7, 11) is 1.39. The summed E-state index contributed by atoms with van der Waals surface area (Å²) >= 11 is 0. The Bertz CT molecular complexity index is 1060. The fraction of sp³-hybridized carbons (Fsp3) is 0.318. The van der Waals surface area contributed by atoms with Crippen molar-refractivity contribution in [1.82, 2.24) is 9.97 Å². The van der Waals surface area contributed by atoms with Gasteiger partial charge in [0.05, 0.1) is 30.4 Å². The van der Waals surface area contributed by atoms with E-state index in [-0.39, 0.29) is 11.6 Å². The van der Waals surface area contributed by atoms with Gasteiger partial charge in [-0.25, -0.2) is 14.8 Å². The Morgan fingerprint density at radius 2 is 1.96 bits per heavy atom. The van der Waals surface area contributed by atoms with Crippen LogP contribution >= 0.6 is 0 Å². The number of esters is 1. The lowest BCUT2D eigenvalue weighted by Gasteiger charge is -2.40. The maximum atomic E-state index is 11.9. The van der Waals surface area contributed by atoms with Crippen LogP contribution in [0.1, 0.15) is 34.3 Å². The average Bonchev–Trinajstić information content (AvgIpc) is 3.11. The third kappa shape index (κ3) is 2.64. The lowest BCUT2D eigenvalue weighted by atomic mass is 9.84. The molecule has 0 saturated carbocycles. The maximum Gasteiger partial charge on any atom is 0.337 e. The molecule has 3 heterocycles. The Morgan fingerprint density at radius 3 is 2.79 bits per heavy atom. The van der Waals surface area contributed by atoms with Crippen LogP contribution in [0.5, 0.6) is 0 Å². The number of methoxy groups -OCH3 is 1. The van der Waals surface area contributed by atoms with E-state index in [4.69, 9.17) is 9.47 Å². The number of nitrogens with zero attached hydrogens (tertiary/aromatic N) is 3. The van der Waals surface area contributed by atoms with E-state index in [0.717, 1.165) is 42.7 Å². The Morgan fingerprint density at radius 1 is 1.14 bits per heavy atom. The SMILES string of the molecule is COC(=O)c1ccc2ncnc(N3CCC4(CC3)OCc3ccccc34)c2c1. The van der Waals surface area contributed by atoms with Crippen molar-refractivity contribution in [2.75, 3.05) is 25.1 Å². The molecule has 6 nitrogen and oxygen atoms in total. The van der Waals surface area contributed by atoms with E-state index in [0.29, 0.717) is 12.2 Å². The molecule has 1 fully saturated rings. The summed E-state index contributed by atoms with van der Waals surface area (Å²) in [6.45, 7) is 2.36. The molecule has 1 saturated heterocycles. The molecule has 0 amide bonds. The molecule has 142 valence electrons. The van der Waals surface area contributed by atoms with Crippen molar-refractivity contribution in [2.24, 2.45) is 0 Å². The summed E-state index contributed by atoms with van der Waals surface area (Å²) < 4.78 is 11.1. The zero-order valence-corrected chi connectivity index (χ0v) is 15.7. The number of rotatable bonds is 2. The smallest absolute Gasteiger partial charge is 0.337 e. The highest BCUT2D eigenvalue weighted by Gasteiger charge is 2.42. The Balaban J connectivity index is 1.46. The van der Waals surface area contributed by atoms with Gasteiger partial charge in [-0.3, -0.25) is 0 Å². The first-order valence-corrected chi connectivity index (χ1v) is 9.51. The number of aromatic nitrogens is 2. The molecule has 3 aromatic rings. The van der Waals surface area contributed by atoms with Gasteiger partial charge in [-0.05, 0) is 42.2 Å². The van der Waals surface area contributed by atoms with Crippen LogP contribution < -0.4 is 4.90 Å². The van der Waals surface area contributed by atoms with E-state index < -0.39 is 0 Å². The minimum Gasteiger partial charge on any atom is -0.465 e. The van der Waals surface area contributed by atoms with Crippen molar-refractivity contribution < 1.29 is 14.3 Å². The van der Waals surface area contributed by atoms with Gasteiger partial charge < -0.3 is 14.4 Å². The number of piperidine rings is 1. The van der Waals surface area contributed by atoms with Gasteiger partial charge in [-0.1, -0.05) is 24.3 Å². The van der Waals surface area contributed by atoms with E-state index >= 15 is 0 Å². The maximum absolute atomic E-state index is 11.9. The monoisotopic (exact) mass is 375 g/mol. The normalized spacial score (nSPS) is 17.7. The fourth-order valence-electron chi connectivity index (χ4n) is 4.42. The van der Waals surface area contributed by atoms with Crippen LogP contribution in [-0.2, 0) is 21.7 Å². The van der Waals surface area contributed by atoms with E-state index in [9.17, 15) is 4.79 Å². The first kappa shape index (κ1) is 17.1. The van der Waals surface area contributed by atoms with Gasteiger partial charge in [0, 0.05) is 18.5 Å². The number of carbonyl (C=O) groups is 1. The van der Waals surface area contributed by atoms with Crippen molar-refractivity contribution in [2.45, 2.75) is 25.0 Å². The molecular formula is C22H21N3O3. The molecular weight excluding hydrogens is 354 g/mol. The highest BCUT2D eigenvalue weighted by molar-refractivity contribution is 5.98. The molecule has 0 unspecified atom stereocenters. The van der Waals surface area contributed by atoms with Crippen LogP contribution in [0.15, 0.2) is 48.8 Å². The number of benzene rings is 2. The largest absolute Gasteiger partial charge is 0.465 e. The van der Waals surface area contributed by atoms with Crippen LogP contribution in [0.25, 0.3) is 10.9 Å². The Labute approximate surface area is 163 Å². The third-order valence-electron chi connectivity index (χ3n) is 5.92. The van der Waals surface area contributed by atoms with E-state index in [1.807, 2.05) is 12.1 Å². The summed E-state index contributed by atoms with van der Waals surface area (Å²) in [5, 5.41) is 0.870. The van der Waals surface area contributed by atoms with Gasteiger partial charge in [0.15, 0.2) is 0 Å². The minimum atomic E-state index is -0.356. The molecule has 0 radical (unpaired) electrons. The summed E-state index contributed by atoms with van der Waals surface area (Å²) in [5.74, 6) is 0.502. The molecule has 0 N–H and O–H groups in total. The molecule has 6 heteroatoms. The molecule has 2 aromatic carbocycles. The third-order valence-corrected chi connectivity index (χ3v) is 5.92. The zero-order valence-electron chi connectivity index (χ0n) is 15.7. The summed E-state index contributed by atoms with van der Waals surface area (Å²) in [5.41, 5.74) is 3.77. The zero-order chi connectivity index (χ0) is 19.1. The molecule has 1 aromatic heterocycles. The molecule has 2 aliphatic heterocycles. The number of carbonyl (C=O) groups excluding carboxylic acids is 1. The Hall–Kier alpha value is -2.99. The topological polar surface area (TPSA) is 64.5 Å². The second-order valence-corrected chi connectivity index (χ2v) is 7.35. The predicted octanol–water partition coefficient (Wildman–Crippen LogP) is 3.44. The van der Waals surface area contributed by atoms with Gasteiger partial charge in [-0.2, -0.15) is 0 Å². The van der Waals surface area contributed by atoms with Crippen LogP contribution in [0.4, 0.5) is 5.82 Å². The second kappa shape index (κ2) is 6.56. The summed E-state index contributed by atoms with van der Waals surface area (Å²) in [4.78, 5) is 23.1. The molecule has 28 heavy (non-hydrogen) atoms. The van der Waals surface area contributed by atoms with E-state index in [1.54, 1.807) is 12.4 Å². The van der Waals surface area contributed by atoms with Crippen LogP contribution in [-0.4, -0.2) is 36.1 Å². The van der Waals surface area contributed by atoms with Crippen molar-refractivity contribution in [3.05, 3.63) is 65.5 Å². The van der Waals surface area contributed by atoms with Gasteiger partial charge in [0.25, 0.3) is 0 Å². The van der Waals surface area contributed by atoms with E-state index in [2.05, 4.69) is 39.1 Å². The number of ether oxygens (including phenoxy) is 2. The first-order valence-electron chi connectivity index (χ1n) is 9.51. The molecule has 2 aliphatic rings. The fourth-order valence-corrected chi connectivity index (χ4v) is 4.42. The van der Waals surface area contributed by atoms with Crippen LogP contribution in [0.3, 0.4) is 0 Å². The molecule has 0 atom stereocenters. The summed E-state index contributed by atoms with van der Waals surface area (Å²) in [6.07, 6.45) is 3.40. The quantitative estimate of drug-likeness (QED) is 0.640. The predicted molar refractivity (Wildman–Crippen MR) is 105 cm³/mol. The standard InChI is InChI=1S/C22H21N3O3/c1-27-21(26)15-6-7-19-17(12-15)20(24-14-23-19)25-10-8-22(9-11-25)18-5-3-2-4-16(18)13-28-22/h2-7,12,14H,8-11,13H2,1H3. The van der Waals surface area contributed by atoms with E-state index in [1.165, 1.54) is 18.2 Å². The van der Waals surface area contributed by atoms with Crippen molar-refractivity contribution in [3.63, 3.8) is 0 Å². The van der Waals surface area contributed by atoms with Crippen LogP contribution in [0, 0.1) is 0 Å². The van der Waals surface area contributed by atoms with Gasteiger partial charge in [0.2, 0.25) is 0 Å². The highest BCUT2D eigenvalue weighted by atomic mass is 16.5. The molecule has 0 bridgehead atoms. The van der Waals surface area contributed by atoms with Gasteiger partial charge in [-0.15, -0.1) is 0 Å². The lowest BCUT2D eigenvalue weighted by Crippen LogP contribution is -2.43. The number of hydrogen-bond donors (Lipinski definition) is 0. The number of hydrogen-bond acceptors (Lipinski definition) is 6. The molecule has 1 spiro atoms. The van der Waals surface area contributed by atoms with Gasteiger partial charge >= 0.3 is 5.97 Å². The van der Waals surface area contributed by atoms with Crippen molar-refractivity contribution >= 4 is 22.7 Å². The van der Waals surface area contributed by atoms with Crippen LogP contribution in [0.2, 0.25) is 0 Å². The molecule has 0 aliphatic carbocycles. The second-order valence-electron chi connectivity index (χ2n) is 7.35. The lowest BCUT2D eigenvalue weighted by molar-refractivity contribution is -0.0551. The Kier molecular flexibility index (Phi) is 4.02. The average molecular weight is 375 g/mol. The minimum absolute atomic E-state index is 0.187.